The first kappa shape index (κ1) is 14.2. The van der Waals surface area contributed by atoms with E-state index in [0.717, 1.165) is 21.7 Å². The molecule has 21 heavy (non-hydrogen) atoms. The molecule has 0 fully saturated rings. The molecular weight excluding hydrogens is 300 g/mol. The smallest absolute Gasteiger partial charge is 0.253 e. The van der Waals surface area contributed by atoms with Crippen molar-refractivity contribution < 1.29 is 4.79 Å². The van der Waals surface area contributed by atoms with Gasteiger partial charge in [-0.3, -0.25) is 4.79 Å². The first-order valence-electron chi connectivity index (χ1n) is 6.87. The van der Waals surface area contributed by atoms with Crippen molar-refractivity contribution in [2.75, 3.05) is 0 Å². The number of thiazole rings is 1. The van der Waals surface area contributed by atoms with Gasteiger partial charge in [-0.1, -0.05) is 23.5 Å². The number of aryl methyl sites for hydroxylation is 2. The van der Waals surface area contributed by atoms with Crippen LogP contribution in [-0.2, 0) is 17.8 Å². The molecule has 0 saturated carbocycles. The lowest BCUT2D eigenvalue weighted by molar-refractivity contribution is -0.117. The average molecular weight is 316 g/mol. The van der Waals surface area contributed by atoms with Gasteiger partial charge in [0, 0.05) is 11.4 Å². The lowest BCUT2D eigenvalue weighted by Gasteiger charge is -2.00. The Morgan fingerprint density at radius 3 is 2.90 bits per heavy atom. The van der Waals surface area contributed by atoms with E-state index in [0.29, 0.717) is 6.42 Å². The highest BCUT2D eigenvalue weighted by molar-refractivity contribution is 7.16. The summed E-state index contributed by atoms with van der Waals surface area (Å²) < 4.78 is 3.28. The van der Waals surface area contributed by atoms with Crippen LogP contribution in [0.1, 0.15) is 17.4 Å². The molecule has 1 amide bonds. The van der Waals surface area contributed by atoms with E-state index < -0.39 is 0 Å². The molecule has 0 saturated heterocycles. The predicted octanol–water partition coefficient (Wildman–Crippen LogP) is 3.76. The number of carbonyl (C=O) groups is 1. The number of hydrogen-bond acceptors (Lipinski definition) is 3. The van der Waals surface area contributed by atoms with Gasteiger partial charge in [0.15, 0.2) is 4.80 Å². The second-order valence-corrected chi connectivity index (χ2v) is 6.90. The molecule has 0 spiro atoms. The second kappa shape index (κ2) is 5.95. The lowest BCUT2D eigenvalue weighted by atomic mass is 10.2. The third-order valence-electron chi connectivity index (χ3n) is 3.28. The summed E-state index contributed by atoms with van der Waals surface area (Å²) in [6, 6.07) is 10.3. The first-order chi connectivity index (χ1) is 10.2. The zero-order valence-corrected chi connectivity index (χ0v) is 13.6. The Balaban J connectivity index is 2.02. The van der Waals surface area contributed by atoms with Crippen LogP contribution < -0.4 is 4.80 Å². The van der Waals surface area contributed by atoms with Crippen molar-refractivity contribution in [2.24, 2.45) is 4.99 Å². The summed E-state index contributed by atoms with van der Waals surface area (Å²) in [5.41, 5.74) is 2.37. The van der Waals surface area contributed by atoms with Crippen LogP contribution in [0.4, 0.5) is 0 Å². The highest BCUT2D eigenvalue weighted by atomic mass is 32.1. The lowest BCUT2D eigenvalue weighted by Crippen LogP contribution is -2.16. The molecule has 108 valence electrons. The highest BCUT2D eigenvalue weighted by Crippen LogP contribution is 2.19. The first-order valence-corrected chi connectivity index (χ1v) is 8.57. The number of fused-ring (bicyclic) bond motifs is 1. The number of nitrogens with zero attached hydrogens (tertiary/aromatic N) is 2. The van der Waals surface area contributed by atoms with Crippen molar-refractivity contribution in [2.45, 2.75) is 26.8 Å². The van der Waals surface area contributed by atoms with Crippen LogP contribution in [0.5, 0.6) is 0 Å². The maximum atomic E-state index is 12.1. The summed E-state index contributed by atoms with van der Waals surface area (Å²) in [6.45, 7) is 4.97. The Kier molecular flexibility index (Phi) is 4.03. The molecule has 0 atom stereocenters. The minimum absolute atomic E-state index is 0.0806. The predicted molar refractivity (Wildman–Crippen MR) is 88.8 cm³/mol. The van der Waals surface area contributed by atoms with E-state index in [2.05, 4.69) is 41.6 Å². The number of aromatic nitrogens is 1. The molecule has 3 nitrogen and oxygen atoms in total. The van der Waals surface area contributed by atoms with Crippen LogP contribution in [0.25, 0.3) is 10.2 Å². The van der Waals surface area contributed by atoms with Gasteiger partial charge in [0.25, 0.3) is 5.91 Å². The minimum atomic E-state index is -0.0806. The van der Waals surface area contributed by atoms with E-state index in [1.165, 1.54) is 10.3 Å². The number of rotatable bonds is 3. The van der Waals surface area contributed by atoms with Crippen molar-refractivity contribution in [3.63, 3.8) is 0 Å². The monoisotopic (exact) mass is 316 g/mol. The van der Waals surface area contributed by atoms with Crippen molar-refractivity contribution in [3.05, 3.63) is 51.0 Å². The fourth-order valence-corrected chi connectivity index (χ4v) is 4.19. The van der Waals surface area contributed by atoms with Crippen LogP contribution in [0.2, 0.25) is 0 Å². The molecule has 2 heterocycles. The molecule has 5 heteroatoms. The zero-order chi connectivity index (χ0) is 14.8. The number of thiophene rings is 1. The molecule has 0 unspecified atom stereocenters. The molecule has 0 aliphatic rings. The fourth-order valence-electron chi connectivity index (χ4n) is 2.28. The molecule has 0 radical (unpaired) electrons. The molecule has 0 aliphatic carbocycles. The van der Waals surface area contributed by atoms with E-state index in [9.17, 15) is 4.79 Å². The number of carbonyl (C=O) groups excluding carboxylic acids is 1. The molecule has 2 aromatic heterocycles. The second-order valence-electron chi connectivity index (χ2n) is 4.86. The quantitative estimate of drug-likeness (QED) is 0.724. The summed E-state index contributed by atoms with van der Waals surface area (Å²) in [6.07, 6.45) is 0.384. The van der Waals surface area contributed by atoms with Crippen LogP contribution in [-0.4, -0.2) is 10.5 Å². The molecular formula is C16H16N2OS2. The van der Waals surface area contributed by atoms with Crippen LogP contribution in [0.15, 0.2) is 40.7 Å². The summed E-state index contributed by atoms with van der Waals surface area (Å²) in [5, 5.41) is 1.98. The van der Waals surface area contributed by atoms with Crippen LogP contribution in [0, 0.1) is 6.92 Å². The van der Waals surface area contributed by atoms with E-state index in [4.69, 9.17) is 0 Å². The largest absolute Gasteiger partial charge is 0.317 e. The normalized spacial score (nSPS) is 12.2. The van der Waals surface area contributed by atoms with E-state index in [-0.39, 0.29) is 5.91 Å². The number of amides is 1. The molecule has 3 rings (SSSR count). The van der Waals surface area contributed by atoms with Gasteiger partial charge in [-0.25, -0.2) is 0 Å². The topological polar surface area (TPSA) is 34.4 Å². The minimum Gasteiger partial charge on any atom is -0.317 e. The van der Waals surface area contributed by atoms with Gasteiger partial charge >= 0.3 is 0 Å². The molecule has 0 bridgehead atoms. The fraction of sp³-hybridized carbons (Fsp3) is 0.250. The van der Waals surface area contributed by atoms with Gasteiger partial charge in [0.1, 0.15) is 0 Å². The molecule has 1 aromatic carbocycles. The van der Waals surface area contributed by atoms with Crippen molar-refractivity contribution in [3.8, 4) is 0 Å². The van der Waals surface area contributed by atoms with Gasteiger partial charge in [-0.05, 0) is 43.0 Å². The average Bonchev–Trinajstić information content (AvgIpc) is 3.05. The third kappa shape index (κ3) is 2.99. The Hall–Kier alpha value is -1.72. The summed E-state index contributed by atoms with van der Waals surface area (Å²) in [5.74, 6) is -0.0806. The Bertz CT molecular complexity index is 841. The van der Waals surface area contributed by atoms with Crippen molar-refractivity contribution >= 4 is 38.8 Å². The number of benzene rings is 1. The summed E-state index contributed by atoms with van der Waals surface area (Å²) in [7, 11) is 0. The zero-order valence-electron chi connectivity index (χ0n) is 12.0. The van der Waals surface area contributed by atoms with Crippen molar-refractivity contribution in [1.82, 2.24) is 4.57 Å². The van der Waals surface area contributed by atoms with Gasteiger partial charge < -0.3 is 4.57 Å². The summed E-state index contributed by atoms with van der Waals surface area (Å²) >= 11 is 3.18. The number of hydrogen-bond donors (Lipinski definition) is 0. The maximum absolute atomic E-state index is 12.1. The molecule has 0 N–H and O–H groups in total. The molecule has 3 aromatic rings. The Labute approximate surface area is 131 Å². The van der Waals surface area contributed by atoms with E-state index in [1.54, 1.807) is 22.7 Å². The van der Waals surface area contributed by atoms with E-state index in [1.807, 2.05) is 17.5 Å². The van der Waals surface area contributed by atoms with Crippen LogP contribution >= 0.6 is 22.7 Å². The van der Waals surface area contributed by atoms with Crippen molar-refractivity contribution in [1.29, 1.82) is 0 Å². The van der Waals surface area contributed by atoms with E-state index >= 15 is 0 Å². The highest BCUT2D eigenvalue weighted by Gasteiger charge is 2.08. The van der Waals surface area contributed by atoms with Crippen LogP contribution in [0.3, 0.4) is 0 Å². The third-order valence-corrected chi connectivity index (χ3v) is 5.20. The van der Waals surface area contributed by atoms with Gasteiger partial charge in [0.05, 0.1) is 16.6 Å². The van der Waals surface area contributed by atoms with Gasteiger partial charge in [0.2, 0.25) is 0 Å². The maximum Gasteiger partial charge on any atom is 0.253 e. The van der Waals surface area contributed by atoms with Gasteiger partial charge in [-0.15, -0.1) is 11.3 Å². The Morgan fingerprint density at radius 1 is 1.33 bits per heavy atom. The summed E-state index contributed by atoms with van der Waals surface area (Å²) in [4.78, 5) is 18.3. The standard InChI is InChI=1S/C16H16N2OS2/c1-3-18-13-7-6-11(2)9-14(13)21-16(18)17-15(19)10-12-5-4-8-20-12/h4-9H,3,10H2,1-2H3. The SMILES string of the molecule is CCn1c(=NC(=O)Cc2cccs2)sc2cc(C)ccc21. The van der Waals surface area contributed by atoms with Gasteiger partial charge in [-0.2, -0.15) is 4.99 Å². The Morgan fingerprint density at radius 2 is 2.19 bits per heavy atom. The molecule has 0 aliphatic heterocycles.